The van der Waals surface area contributed by atoms with Crippen molar-refractivity contribution in [2.45, 2.75) is 18.4 Å². The molecule has 1 heterocycles. The van der Waals surface area contributed by atoms with Gasteiger partial charge in [-0.2, -0.15) is 5.10 Å². The fourth-order valence-electron chi connectivity index (χ4n) is 2.27. The Balaban J connectivity index is 0.00000420. The number of rotatable bonds is 9. The Hall–Kier alpha value is -2.26. The third-order valence-electron chi connectivity index (χ3n) is 3.71. The molecule has 1 aromatic heterocycles. The molecule has 0 aliphatic carbocycles. The second kappa shape index (κ2) is 11.7. The average Bonchev–Trinajstić information content (AvgIpc) is 3.08. The summed E-state index contributed by atoms with van der Waals surface area (Å²) in [5.41, 5.74) is 0.654. The number of guanidine groups is 1. The van der Waals surface area contributed by atoms with Crippen molar-refractivity contribution >= 4 is 45.6 Å². The van der Waals surface area contributed by atoms with E-state index < -0.39 is 14.9 Å². The van der Waals surface area contributed by atoms with Gasteiger partial charge in [0.2, 0.25) is 10.0 Å². The van der Waals surface area contributed by atoms with E-state index in [-0.39, 0.29) is 47.6 Å². The summed E-state index contributed by atoms with van der Waals surface area (Å²) in [5.74, 6) is 0.540. The number of nitrogens with zero attached hydrogens (tertiary/aromatic N) is 4. The molecule has 13 heteroatoms. The molecule has 3 N–H and O–H groups in total. The monoisotopic (exact) mass is 537 g/mol. The van der Waals surface area contributed by atoms with Gasteiger partial charge in [0, 0.05) is 45.0 Å². The first-order chi connectivity index (χ1) is 13.3. The van der Waals surface area contributed by atoms with Crippen LogP contribution >= 0.6 is 24.0 Å². The molecule has 0 saturated carbocycles. The molecule has 0 amide bonds. The average molecular weight is 537 g/mol. The van der Waals surface area contributed by atoms with Gasteiger partial charge in [-0.15, -0.1) is 24.0 Å². The number of aromatic nitrogens is 2. The number of hydrogen-bond acceptors (Lipinski definition) is 6. The smallest absolute Gasteiger partial charge is 0.270 e. The van der Waals surface area contributed by atoms with Crippen LogP contribution in [0.25, 0.3) is 0 Å². The van der Waals surface area contributed by atoms with E-state index in [1.165, 1.54) is 18.2 Å². The van der Waals surface area contributed by atoms with Crippen LogP contribution < -0.4 is 15.4 Å². The van der Waals surface area contributed by atoms with Crippen molar-refractivity contribution in [1.82, 2.24) is 25.1 Å². The molecule has 29 heavy (non-hydrogen) atoms. The molecule has 160 valence electrons. The van der Waals surface area contributed by atoms with Crippen molar-refractivity contribution in [1.29, 1.82) is 0 Å². The molecule has 2 aromatic rings. The number of aliphatic imine (C=N–C) groups is 1. The first kappa shape index (κ1) is 24.8. The van der Waals surface area contributed by atoms with Gasteiger partial charge in [0.25, 0.3) is 5.69 Å². The maximum absolute atomic E-state index is 12.3. The highest BCUT2D eigenvalue weighted by Crippen LogP contribution is 2.16. The largest absolute Gasteiger partial charge is 0.357 e. The molecule has 0 aliphatic heterocycles. The maximum atomic E-state index is 12.3. The van der Waals surface area contributed by atoms with Gasteiger partial charge >= 0.3 is 0 Å². The molecule has 0 saturated heterocycles. The SMILES string of the molecule is CCNC(=NCc1ccnn1C)NCCNS(=O)(=O)c1cccc([N+](=O)[O-])c1.I. The molecule has 2 rings (SSSR count). The highest BCUT2D eigenvalue weighted by Gasteiger charge is 2.17. The predicted octanol–water partition coefficient (Wildman–Crippen LogP) is 0.980. The summed E-state index contributed by atoms with van der Waals surface area (Å²) in [5, 5.41) is 21.0. The Labute approximate surface area is 186 Å². The molecule has 0 unspecified atom stereocenters. The van der Waals surface area contributed by atoms with E-state index in [0.29, 0.717) is 19.0 Å². The predicted molar refractivity (Wildman–Crippen MR) is 120 cm³/mol. The van der Waals surface area contributed by atoms with Crippen LogP contribution in [0.5, 0.6) is 0 Å². The fourth-order valence-corrected chi connectivity index (χ4v) is 3.34. The zero-order valence-electron chi connectivity index (χ0n) is 16.0. The summed E-state index contributed by atoms with van der Waals surface area (Å²) in [6, 6.07) is 6.76. The summed E-state index contributed by atoms with van der Waals surface area (Å²) in [6.45, 7) is 3.36. The fraction of sp³-hybridized carbons (Fsp3) is 0.375. The van der Waals surface area contributed by atoms with Gasteiger partial charge in [-0.3, -0.25) is 14.8 Å². The Morgan fingerprint density at radius 2 is 2.03 bits per heavy atom. The molecule has 0 fully saturated rings. The van der Waals surface area contributed by atoms with E-state index in [1.807, 2.05) is 20.0 Å². The number of sulfonamides is 1. The van der Waals surface area contributed by atoms with Crippen molar-refractivity contribution in [2.75, 3.05) is 19.6 Å². The van der Waals surface area contributed by atoms with Gasteiger partial charge < -0.3 is 10.6 Å². The van der Waals surface area contributed by atoms with Crippen molar-refractivity contribution in [2.24, 2.45) is 12.0 Å². The van der Waals surface area contributed by atoms with Gasteiger partial charge in [0.15, 0.2) is 5.96 Å². The van der Waals surface area contributed by atoms with Crippen LogP contribution in [0.4, 0.5) is 5.69 Å². The second-order valence-electron chi connectivity index (χ2n) is 5.72. The molecule has 0 aliphatic rings. The van der Waals surface area contributed by atoms with E-state index in [0.717, 1.165) is 11.8 Å². The first-order valence-corrected chi connectivity index (χ1v) is 10.0. The van der Waals surface area contributed by atoms with Gasteiger partial charge in [0.05, 0.1) is 22.1 Å². The molecule has 0 radical (unpaired) electrons. The Kier molecular flexibility index (Phi) is 9.97. The zero-order valence-corrected chi connectivity index (χ0v) is 19.2. The van der Waals surface area contributed by atoms with E-state index in [2.05, 4.69) is 25.4 Å². The number of nitro groups is 1. The van der Waals surface area contributed by atoms with Crippen molar-refractivity contribution in [3.8, 4) is 0 Å². The van der Waals surface area contributed by atoms with Gasteiger partial charge in [0.1, 0.15) is 0 Å². The molecular formula is C16H24IN7O4S. The topological polar surface area (TPSA) is 144 Å². The molecule has 1 aromatic carbocycles. The lowest BCUT2D eigenvalue weighted by atomic mass is 10.3. The summed E-state index contributed by atoms with van der Waals surface area (Å²) >= 11 is 0. The third-order valence-corrected chi connectivity index (χ3v) is 5.17. The quantitative estimate of drug-likeness (QED) is 0.108. The van der Waals surface area contributed by atoms with Crippen molar-refractivity contribution < 1.29 is 13.3 Å². The summed E-state index contributed by atoms with van der Waals surface area (Å²) in [7, 11) is -2.02. The number of nitrogens with one attached hydrogen (secondary N) is 3. The number of hydrogen-bond donors (Lipinski definition) is 3. The third kappa shape index (κ3) is 7.58. The van der Waals surface area contributed by atoms with Crippen LogP contribution in [0.1, 0.15) is 12.6 Å². The number of benzene rings is 1. The molecule has 11 nitrogen and oxygen atoms in total. The van der Waals surface area contributed by atoms with Gasteiger partial charge in [-0.05, 0) is 19.1 Å². The lowest BCUT2D eigenvalue weighted by Crippen LogP contribution is -2.41. The normalized spacial score (nSPS) is 11.6. The van der Waals surface area contributed by atoms with E-state index in [4.69, 9.17) is 0 Å². The Bertz CT molecular complexity index is 946. The molecular weight excluding hydrogens is 513 g/mol. The second-order valence-corrected chi connectivity index (χ2v) is 7.49. The number of non-ortho nitro benzene ring substituents is 1. The lowest BCUT2D eigenvalue weighted by Gasteiger charge is -2.12. The van der Waals surface area contributed by atoms with Gasteiger partial charge in [-0.25, -0.2) is 18.1 Å². The number of halogens is 1. The Morgan fingerprint density at radius 3 is 2.66 bits per heavy atom. The lowest BCUT2D eigenvalue weighted by molar-refractivity contribution is -0.385. The van der Waals surface area contributed by atoms with Gasteiger partial charge in [-0.1, -0.05) is 6.07 Å². The number of aryl methyl sites for hydroxylation is 1. The van der Waals surface area contributed by atoms with Crippen LogP contribution in [0.3, 0.4) is 0 Å². The minimum Gasteiger partial charge on any atom is -0.357 e. The van der Waals surface area contributed by atoms with Crippen molar-refractivity contribution in [3.05, 3.63) is 52.3 Å². The number of nitro benzene ring substituents is 1. The van der Waals surface area contributed by atoms with Crippen molar-refractivity contribution in [3.63, 3.8) is 0 Å². The zero-order chi connectivity index (χ0) is 20.6. The van der Waals surface area contributed by atoms with Crippen LogP contribution in [-0.4, -0.2) is 48.7 Å². The van der Waals surface area contributed by atoms with E-state index in [1.54, 1.807) is 10.9 Å². The van der Waals surface area contributed by atoms with Crippen LogP contribution in [0, 0.1) is 10.1 Å². The molecule has 0 atom stereocenters. The van der Waals surface area contributed by atoms with Crippen LogP contribution in [0.2, 0.25) is 0 Å². The highest BCUT2D eigenvalue weighted by molar-refractivity contribution is 14.0. The molecule has 0 spiro atoms. The Morgan fingerprint density at radius 1 is 1.28 bits per heavy atom. The minimum atomic E-state index is -3.85. The summed E-state index contributed by atoms with van der Waals surface area (Å²) in [4.78, 5) is 14.4. The summed E-state index contributed by atoms with van der Waals surface area (Å²) < 4.78 is 28.7. The summed E-state index contributed by atoms with van der Waals surface area (Å²) in [6.07, 6.45) is 1.69. The van der Waals surface area contributed by atoms with E-state index >= 15 is 0 Å². The van der Waals surface area contributed by atoms with E-state index in [9.17, 15) is 18.5 Å². The van der Waals surface area contributed by atoms with Crippen LogP contribution in [0.15, 0.2) is 46.4 Å². The minimum absolute atomic E-state index is 0. The highest BCUT2D eigenvalue weighted by atomic mass is 127. The van der Waals surface area contributed by atoms with Crippen LogP contribution in [-0.2, 0) is 23.6 Å². The standard InChI is InChI=1S/C16H23N7O4S.HI/c1-3-17-16(19-12-14-7-8-20-22(14)2)18-9-10-21-28(26,27)15-6-4-5-13(11-15)23(24)25;/h4-8,11,21H,3,9-10,12H2,1-2H3,(H2,17,18,19);1H. The first-order valence-electron chi connectivity index (χ1n) is 8.56. The molecule has 0 bridgehead atoms. The maximum Gasteiger partial charge on any atom is 0.270 e.